The molecule has 0 fully saturated rings. The number of carbonyl (C=O) groups excluding carboxylic acids is 1. The molecule has 0 aliphatic carbocycles. The Morgan fingerprint density at radius 2 is 1.92 bits per heavy atom. The summed E-state index contributed by atoms with van der Waals surface area (Å²) in [6.45, 7) is 4.39. The number of rotatable bonds is 8. The second-order valence-corrected chi connectivity index (χ2v) is 7.65. The molecule has 0 aliphatic rings. The molecule has 0 heterocycles. The molecule has 0 aliphatic heterocycles. The molecule has 0 bridgehead atoms. The Bertz CT molecular complexity index is 707. The minimum absolute atomic E-state index is 0.0184. The van der Waals surface area contributed by atoms with Crippen LogP contribution in [-0.4, -0.2) is 24.3 Å². The van der Waals surface area contributed by atoms with Crippen LogP contribution in [0.1, 0.15) is 18.1 Å². The van der Waals surface area contributed by atoms with E-state index in [4.69, 9.17) is 27.9 Å². The topological polar surface area (TPSA) is 38.3 Å². The van der Waals surface area contributed by atoms with Crippen LogP contribution in [0, 0.1) is 6.92 Å². The number of thioether (sulfide) groups is 1. The average Bonchev–Trinajstić information content (AvgIpc) is 2.56. The highest BCUT2D eigenvalue weighted by molar-refractivity contribution is 7.99. The maximum absolute atomic E-state index is 12.0. The quantitative estimate of drug-likeness (QED) is 0.671. The molecule has 3 nitrogen and oxygen atoms in total. The second-order valence-electron chi connectivity index (χ2n) is 5.82. The van der Waals surface area contributed by atoms with E-state index in [2.05, 4.69) is 5.32 Å². The van der Waals surface area contributed by atoms with Crippen LogP contribution in [0.5, 0.6) is 5.75 Å². The van der Waals surface area contributed by atoms with Crippen molar-refractivity contribution in [1.29, 1.82) is 0 Å². The molecule has 0 saturated carbocycles. The van der Waals surface area contributed by atoms with Gasteiger partial charge in [-0.1, -0.05) is 47.0 Å². The lowest BCUT2D eigenvalue weighted by molar-refractivity contribution is -0.119. The van der Waals surface area contributed by atoms with E-state index in [1.54, 1.807) is 12.1 Å². The van der Waals surface area contributed by atoms with Gasteiger partial charge in [-0.3, -0.25) is 4.79 Å². The molecule has 0 radical (unpaired) electrons. The van der Waals surface area contributed by atoms with Gasteiger partial charge in [-0.05, 0) is 43.7 Å². The van der Waals surface area contributed by atoms with Crippen molar-refractivity contribution in [3.8, 4) is 5.75 Å². The zero-order chi connectivity index (χ0) is 18.2. The highest BCUT2D eigenvalue weighted by Gasteiger charge is 2.09. The summed E-state index contributed by atoms with van der Waals surface area (Å²) in [7, 11) is 0. The van der Waals surface area contributed by atoms with Gasteiger partial charge in [0.15, 0.2) is 0 Å². The monoisotopic (exact) mass is 397 g/mol. The van der Waals surface area contributed by atoms with Crippen LogP contribution < -0.4 is 10.1 Å². The molecule has 0 spiro atoms. The molecule has 0 aromatic heterocycles. The predicted octanol–water partition coefficient (Wildman–Crippen LogP) is 5.12. The van der Waals surface area contributed by atoms with Crippen LogP contribution in [-0.2, 0) is 10.5 Å². The molecule has 2 aromatic rings. The number of nitrogens with one attached hydrogen (secondary N) is 1. The summed E-state index contributed by atoms with van der Waals surface area (Å²) in [6, 6.07) is 13.2. The van der Waals surface area contributed by atoms with Gasteiger partial charge in [0.2, 0.25) is 5.91 Å². The second kappa shape index (κ2) is 9.95. The summed E-state index contributed by atoms with van der Waals surface area (Å²) in [6.07, 6.45) is 0. The molecule has 2 aromatic carbocycles. The number of ether oxygens (including phenoxy) is 1. The van der Waals surface area contributed by atoms with Crippen molar-refractivity contribution in [3.63, 3.8) is 0 Å². The minimum atomic E-state index is -0.0616. The summed E-state index contributed by atoms with van der Waals surface area (Å²) in [5.41, 5.74) is 2.16. The number of aryl methyl sites for hydroxylation is 1. The van der Waals surface area contributed by atoms with Crippen molar-refractivity contribution in [2.24, 2.45) is 0 Å². The van der Waals surface area contributed by atoms with Gasteiger partial charge < -0.3 is 10.1 Å². The minimum Gasteiger partial charge on any atom is -0.491 e. The Hall–Kier alpha value is -1.36. The number of hydrogen-bond acceptors (Lipinski definition) is 3. The Labute approximate surface area is 163 Å². The van der Waals surface area contributed by atoms with Crippen LogP contribution >= 0.6 is 35.0 Å². The number of amides is 1. The fraction of sp³-hybridized carbons (Fsp3) is 0.316. The van der Waals surface area contributed by atoms with Gasteiger partial charge in [-0.25, -0.2) is 0 Å². The average molecular weight is 398 g/mol. The third-order valence-corrected chi connectivity index (χ3v) is 5.00. The molecule has 2 rings (SSSR count). The number of benzene rings is 2. The maximum Gasteiger partial charge on any atom is 0.230 e. The van der Waals surface area contributed by atoms with Crippen molar-refractivity contribution in [2.45, 2.75) is 25.6 Å². The summed E-state index contributed by atoms with van der Waals surface area (Å²) >= 11 is 13.5. The van der Waals surface area contributed by atoms with Gasteiger partial charge in [0.1, 0.15) is 12.4 Å². The van der Waals surface area contributed by atoms with Crippen molar-refractivity contribution < 1.29 is 9.53 Å². The number of halogens is 2. The molecule has 1 amide bonds. The molecular formula is C19H21Cl2NO2S. The molecule has 6 heteroatoms. The third-order valence-electron chi connectivity index (χ3n) is 3.43. The first-order valence-corrected chi connectivity index (χ1v) is 9.85. The first kappa shape index (κ1) is 20.0. The summed E-state index contributed by atoms with van der Waals surface area (Å²) in [4.78, 5) is 12.0. The fourth-order valence-electron chi connectivity index (χ4n) is 2.11. The first-order valence-electron chi connectivity index (χ1n) is 7.94. The van der Waals surface area contributed by atoms with Crippen LogP contribution in [0.15, 0.2) is 42.5 Å². The maximum atomic E-state index is 12.0. The molecule has 25 heavy (non-hydrogen) atoms. The van der Waals surface area contributed by atoms with Crippen molar-refractivity contribution in [2.75, 3.05) is 12.4 Å². The van der Waals surface area contributed by atoms with Crippen molar-refractivity contribution in [3.05, 3.63) is 63.6 Å². The van der Waals surface area contributed by atoms with Gasteiger partial charge in [-0.2, -0.15) is 0 Å². The highest BCUT2D eigenvalue weighted by Crippen LogP contribution is 2.24. The van der Waals surface area contributed by atoms with Crippen LogP contribution in [0.4, 0.5) is 0 Å². The molecule has 0 saturated heterocycles. The molecular weight excluding hydrogens is 377 g/mol. The highest BCUT2D eigenvalue weighted by atomic mass is 35.5. The van der Waals surface area contributed by atoms with Gasteiger partial charge in [-0.15, -0.1) is 11.8 Å². The normalized spacial score (nSPS) is 11.8. The van der Waals surface area contributed by atoms with E-state index >= 15 is 0 Å². The summed E-state index contributed by atoms with van der Waals surface area (Å²) in [5, 5.41) is 4.17. The number of hydrogen-bond donors (Lipinski definition) is 1. The third kappa shape index (κ3) is 7.18. The zero-order valence-electron chi connectivity index (χ0n) is 14.2. The van der Waals surface area contributed by atoms with Gasteiger partial charge in [0, 0.05) is 15.8 Å². The van der Waals surface area contributed by atoms with E-state index in [-0.39, 0.29) is 11.9 Å². The molecule has 134 valence electrons. The SMILES string of the molecule is Cc1ccc(OC[C@@H](C)NC(=O)CSCc2ccc(Cl)cc2Cl)cc1. The Morgan fingerprint density at radius 3 is 2.60 bits per heavy atom. The van der Waals surface area contributed by atoms with Gasteiger partial charge >= 0.3 is 0 Å². The Balaban J connectivity index is 1.67. The van der Waals surface area contributed by atoms with E-state index in [1.807, 2.05) is 44.2 Å². The lowest BCUT2D eigenvalue weighted by atomic mass is 10.2. The largest absolute Gasteiger partial charge is 0.491 e. The first-order chi connectivity index (χ1) is 11.9. The Morgan fingerprint density at radius 1 is 1.20 bits per heavy atom. The van der Waals surface area contributed by atoms with Gasteiger partial charge in [0.25, 0.3) is 0 Å². The van der Waals surface area contributed by atoms with E-state index in [9.17, 15) is 4.79 Å². The smallest absolute Gasteiger partial charge is 0.230 e. The van der Waals surface area contributed by atoms with E-state index in [1.165, 1.54) is 17.3 Å². The summed E-state index contributed by atoms with van der Waals surface area (Å²) in [5.74, 6) is 1.82. The number of carbonyl (C=O) groups is 1. The van der Waals surface area contributed by atoms with Crippen molar-refractivity contribution >= 4 is 40.9 Å². The molecule has 1 N–H and O–H groups in total. The van der Waals surface area contributed by atoms with Crippen LogP contribution in [0.2, 0.25) is 10.0 Å². The standard InChI is InChI=1S/C19H21Cl2NO2S/c1-13-3-7-17(8-4-13)24-10-14(2)22-19(23)12-25-11-15-5-6-16(20)9-18(15)21/h3-9,14H,10-12H2,1-2H3,(H,22,23)/t14-/m1/s1. The molecule has 1 atom stereocenters. The van der Waals surface area contributed by atoms with Crippen LogP contribution in [0.3, 0.4) is 0 Å². The zero-order valence-corrected chi connectivity index (χ0v) is 16.5. The fourth-order valence-corrected chi connectivity index (χ4v) is 3.50. The molecule has 0 unspecified atom stereocenters. The lowest BCUT2D eigenvalue weighted by Crippen LogP contribution is -2.37. The van der Waals surface area contributed by atoms with E-state index in [0.29, 0.717) is 28.2 Å². The van der Waals surface area contributed by atoms with Gasteiger partial charge in [0.05, 0.1) is 11.8 Å². The summed E-state index contributed by atoms with van der Waals surface area (Å²) < 4.78 is 5.67. The predicted molar refractivity (Wildman–Crippen MR) is 107 cm³/mol. The van der Waals surface area contributed by atoms with E-state index in [0.717, 1.165) is 11.3 Å². The Kier molecular flexibility index (Phi) is 7.94. The lowest BCUT2D eigenvalue weighted by Gasteiger charge is -2.15. The van der Waals surface area contributed by atoms with E-state index < -0.39 is 0 Å². The van der Waals surface area contributed by atoms with Crippen LogP contribution in [0.25, 0.3) is 0 Å². The van der Waals surface area contributed by atoms with Crippen molar-refractivity contribution in [1.82, 2.24) is 5.32 Å².